The Hall–Kier alpha value is -0.523. The molecule has 0 aliphatic heterocycles. The Kier molecular flexibility index (Phi) is 6.01. The van der Waals surface area contributed by atoms with Crippen LogP contribution in [0.2, 0.25) is 13.1 Å². The van der Waals surface area contributed by atoms with Gasteiger partial charge in [0.25, 0.3) is 0 Å². The molecule has 0 fully saturated rings. The topological polar surface area (TPSA) is 0 Å². The number of rotatable bonds is 4. The molecule has 0 aromatic heterocycles. The predicted molar refractivity (Wildman–Crippen MR) is 83.6 cm³/mol. The first kappa shape index (κ1) is 14.5. The van der Waals surface area contributed by atoms with Crippen molar-refractivity contribution in [1.82, 2.24) is 0 Å². The van der Waals surface area contributed by atoms with Crippen LogP contribution in [-0.2, 0) is 0 Å². The zero-order chi connectivity index (χ0) is 12.7. The van der Waals surface area contributed by atoms with E-state index in [-0.39, 0.29) is 0 Å². The van der Waals surface area contributed by atoms with E-state index in [0.29, 0.717) is 4.83 Å². The largest absolute Gasteiger partial charge is 0.162 e. The summed E-state index contributed by atoms with van der Waals surface area (Å²) in [6.07, 6.45) is 3.64. The summed E-state index contributed by atoms with van der Waals surface area (Å²) in [4.78, 5) is 0.359. The van der Waals surface area contributed by atoms with Gasteiger partial charge >= 0.3 is 0 Å². The van der Waals surface area contributed by atoms with Crippen LogP contribution < -0.4 is 5.19 Å². The normalized spacial score (nSPS) is 12.7. The third kappa shape index (κ3) is 5.10. The van der Waals surface area contributed by atoms with Crippen LogP contribution in [0.1, 0.15) is 26.2 Å². The van der Waals surface area contributed by atoms with Crippen molar-refractivity contribution in [2.24, 2.45) is 0 Å². The van der Waals surface area contributed by atoms with E-state index in [4.69, 9.17) is 0 Å². The van der Waals surface area contributed by atoms with E-state index in [1.807, 2.05) is 0 Å². The van der Waals surface area contributed by atoms with Crippen LogP contribution in [0.15, 0.2) is 30.3 Å². The minimum absolute atomic E-state index is 0.359. The zero-order valence-corrected chi connectivity index (χ0v) is 13.5. The van der Waals surface area contributed by atoms with E-state index in [2.05, 4.69) is 77.7 Å². The summed E-state index contributed by atoms with van der Waals surface area (Å²) in [6.45, 7) is 6.85. The quantitative estimate of drug-likeness (QED) is 0.446. The highest BCUT2D eigenvalue weighted by atomic mass is 79.9. The van der Waals surface area contributed by atoms with Crippen LogP contribution >= 0.6 is 15.9 Å². The Morgan fingerprint density at radius 1 is 1.24 bits per heavy atom. The van der Waals surface area contributed by atoms with E-state index < -0.39 is 8.07 Å². The smallest absolute Gasteiger partial charge is 0.125 e. The maximum atomic E-state index is 3.65. The van der Waals surface area contributed by atoms with Gasteiger partial charge in [0.15, 0.2) is 8.07 Å². The molecule has 0 aliphatic carbocycles. The van der Waals surface area contributed by atoms with Crippen LogP contribution in [0, 0.1) is 11.5 Å². The van der Waals surface area contributed by atoms with Gasteiger partial charge in [0.1, 0.15) is 0 Å². The maximum Gasteiger partial charge on any atom is 0.162 e. The third-order valence-corrected chi connectivity index (χ3v) is 6.08. The molecule has 0 nitrogen and oxygen atoms in total. The van der Waals surface area contributed by atoms with Crippen LogP contribution in [0.25, 0.3) is 0 Å². The molecule has 0 aliphatic rings. The summed E-state index contributed by atoms with van der Waals surface area (Å²) in [5, 5.41) is 1.42. The standard InChI is InChI=1S/C15H21BrSi/c1-4-5-9-14(16)12-13-17(2,3)15-10-7-6-8-11-15/h6-8,10-11,14H,4-5,9H2,1-3H3. The molecule has 0 saturated heterocycles. The molecule has 0 saturated carbocycles. The Morgan fingerprint density at radius 2 is 1.88 bits per heavy atom. The molecule has 0 spiro atoms. The van der Waals surface area contributed by atoms with Gasteiger partial charge in [-0.15, -0.1) is 5.54 Å². The Labute approximate surface area is 115 Å². The Bertz CT molecular complexity index is 386. The number of hydrogen-bond acceptors (Lipinski definition) is 0. The maximum absolute atomic E-state index is 3.65. The van der Waals surface area contributed by atoms with Gasteiger partial charge in [-0.1, -0.05) is 85.0 Å². The van der Waals surface area contributed by atoms with Gasteiger partial charge in [0, 0.05) is 0 Å². The summed E-state index contributed by atoms with van der Waals surface area (Å²) < 4.78 is 0. The van der Waals surface area contributed by atoms with Crippen molar-refractivity contribution < 1.29 is 0 Å². The number of halogens is 1. The molecule has 0 bridgehead atoms. The van der Waals surface area contributed by atoms with E-state index in [0.717, 1.165) is 6.42 Å². The van der Waals surface area contributed by atoms with Crippen molar-refractivity contribution in [2.75, 3.05) is 0 Å². The lowest BCUT2D eigenvalue weighted by Gasteiger charge is -2.15. The summed E-state index contributed by atoms with van der Waals surface area (Å²) in [5.41, 5.74) is 3.53. The Balaban J connectivity index is 2.70. The molecule has 92 valence electrons. The highest BCUT2D eigenvalue weighted by Crippen LogP contribution is 2.09. The van der Waals surface area contributed by atoms with Gasteiger partial charge in [-0.2, -0.15) is 0 Å². The first-order valence-electron chi connectivity index (χ1n) is 6.28. The van der Waals surface area contributed by atoms with Gasteiger partial charge < -0.3 is 0 Å². The lowest BCUT2D eigenvalue weighted by molar-refractivity contribution is 0.750. The van der Waals surface area contributed by atoms with Crippen LogP contribution in [0.3, 0.4) is 0 Å². The van der Waals surface area contributed by atoms with Crippen LogP contribution in [0.4, 0.5) is 0 Å². The summed E-state index contributed by atoms with van der Waals surface area (Å²) in [5.74, 6) is 3.38. The molecule has 0 heterocycles. The molecule has 1 atom stereocenters. The molecular formula is C15H21BrSi. The second-order valence-corrected chi connectivity index (χ2v) is 10.1. The molecule has 0 radical (unpaired) electrons. The van der Waals surface area contributed by atoms with Crippen LogP contribution in [0.5, 0.6) is 0 Å². The van der Waals surface area contributed by atoms with Gasteiger partial charge in [0.05, 0.1) is 4.83 Å². The average molecular weight is 309 g/mol. The molecular weight excluding hydrogens is 288 g/mol. The first-order chi connectivity index (χ1) is 8.06. The van der Waals surface area contributed by atoms with Crippen molar-refractivity contribution in [3.63, 3.8) is 0 Å². The minimum Gasteiger partial charge on any atom is -0.125 e. The van der Waals surface area contributed by atoms with E-state index >= 15 is 0 Å². The van der Waals surface area contributed by atoms with Gasteiger partial charge in [-0.05, 0) is 11.6 Å². The monoisotopic (exact) mass is 308 g/mol. The van der Waals surface area contributed by atoms with Crippen molar-refractivity contribution >= 4 is 29.2 Å². The number of unbranched alkanes of at least 4 members (excludes halogenated alkanes) is 1. The molecule has 0 amide bonds. The average Bonchev–Trinajstić information content (AvgIpc) is 2.35. The fourth-order valence-corrected chi connectivity index (χ4v) is 4.00. The number of benzene rings is 1. The highest BCUT2D eigenvalue weighted by Gasteiger charge is 2.20. The molecule has 1 rings (SSSR count). The number of alkyl halides is 1. The predicted octanol–water partition coefficient (Wildman–Crippen LogP) is 4.10. The van der Waals surface area contributed by atoms with Gasteiger partial charge in [0.2, 0.25) is 0 Å². The van der Waals surface area contributed by atoms with Crippen molar-refractivity contribution in [2.45, 2.75) is 44.1 Å². The first-order valence-corrected chi connectivity index (χ1v) is 10.2. The SMILES string of the molecule is CCCCC(Br)C#C[Si](C)(C)c1ccccc1. The van der Waals surface area contributed by atoms with Crippen molar-refractivity contribution in [1.29, 1.82) is 0 Å². The lowest BCUT2D eigenvalue weighted by Crippen LogP contribution is -2.40. The van der Waals surface area contributed by atoms with Crippen molar-refractivity contribution in [3.05, 3.63) is 30.3 Å². The van der Waals surface area contributed by atoms with Crippen molar-refractivity contribution in [3.8, 4) is 11.5 Å². The molecule has 1 unspecified atom stereocenters. The minimum atomic E-state index is -1.57. The van der Waals surface area contributed by atoms with Gasteiger partial charge in [-0.3, -0.25) is 0 Å². The fourth-order valence-electron chi connectivity index (χ4n) is 1.64. The van der Waals surface area contributed by atoms with Crippen LogP contribution in [-0.4, -0.2) is 12.9 Å². The molecule has 1 aromatic carbocycles. The number of hydrogen-bond donors (Lipinski definition) is 0. The molecule has 1 aromatic rings. The lowest BCUT2D eigenvalue weighted by atomic mass is 10.2. The molecule has 0 N–H and O–H groups in total. The molecule has 17 heavy (non-hydrogen) atoms. The second-order valence-electron chi connectivity index (χ2n) is 4.87. The third-order valence-electron chi connectivity index (χ3n) is 2.85. The summed E-state index contributed by atoms with van der Waals surface area (Å²) >= 11 is 3.65. The van der Waals surface area contributed by atoms with Gasteiger partial charge in [-0.25, -0.2) is 0 Å². The Morgan fingerprint density at radius 3 is 2.47 bits per heavy atom. The van der Waals surface area contributed by atoms with E-state index in [1.165, 1.54) is 18.0 Å². The highest BCUT2D eigenvalue weighted by molar-refractivity contribution is 9.09. The summed E-state index contributed by atoms with van der Waals surface area (Å²) in [6, 6.07) is 10.7. The second kappa shape index (κ2) is 7.03. The van der Waals surface area contributed by atoms with E-state index in [1.54, 1.807) is 0 Å². The summed E-state index contributed by atoms with van der Waals surface area (Å²) in [7, 11) is -1.57. The van der Waals surface area contributed by atoms with E-state index in [9.17, 15) is 0 Å². The zero-order valence-electron chi connectivity index (χ0n) is 11.0. The fraction of sp³-hybridized carbons (Fsp3) is 0.467. The molecule has 2 heteroatoms.